The van der Waals surface area contributed by atoms with Crippen LogP contribution in [-0.2, 0) is 6.42 Å². The second-order valence-electron chi connectivity index (χ2n) is 6.59. The Morgan fingerprint density at radius 1 is 1.29 bits per heavy atom. The fourth-order valence-corrected chi connectivity index (χ4v) is 3.27. The number of hydrogen-bond donors (Lipinski definition) is 1. The van der Waals surface area contributed by atoms with Crippen LogP contribution in [0.5, 0.6) is 0 Å². The van der Waals surface area contributed by atoms with Crippen molar-refractivity contribution in [1.29, 1.82) is 0 Å². The average molecular weight is 323 g/mol. The van der Waals surface area contributed by atoms with Gasteiger partial charge >= 0.3 is 0 Å². The molecule has 0 spiro atoms. The molecule has 0 radical (unpaired) electrons. The molecule has 0 aliphatic carbocycles. The first-order valence-electron chi connectivity index (χ1n) is 8.67. The van der Waals surface area contributed by atoms with E-state index in [0.717, 1.165) is 50.1 Å². The maximum absolute atomic E-state index is 12.3. The van der Waals surface area contributed by atoms with Crippen molar-refractivity contribution in [1.82, 2.24) is 15.2 Å². The van der Waals surface area contributed by atoms with E-state index in [-0.39, 0.29) is 5.91 Å². The van der Waals surface area contributed by atoms with Crippen LogP contribution in [0.15, 0.2) is 48.8 Å². The van der Waals surface area contributed by atoms with Crippen LogP contribution in [0.2, 0.25) is 0 Å². The molecule has 24 heavy (non-hydrogen) atoms. The number of nitrogens with one attached hydrogen (secondary N) is 1. The number of carbonyl (C=O) groups excluding carboxylic acids is 1. The van der Waals surface area contributed by atoms with Gasteiger partial charge in [-0.3, -0.25) is 9.78 Å². The summed E-state index contributed by atoms with van der Waals surface area (Å²) in [5.74, 6) is 0.560. The third-order valence-electron chi connectivity index (χ3n) is 4.75. The lowest BCUT2D eigenvalue weighted by molar-refractivity contribution is 0.0946. The Morgan fingerprint density at radius 3 is 2.92 bits per heavy atom. The third kappa shape index (κ3) is 4.42. The summed E-state index contributed by atoms with van der Waals surface area (Å²) < 4.78 is 0. The molecule has 1 aromatic carbocycles. The molecule has 4 nitrogen and oxygen atoms in total. The normalized spacial score (nSPS) is 17.8. The number of amides is 1. The first kappa shape index (κ1) is 16.7. The van der Waals surface area contributed by atoms with Gasteiger partial charge in [0.15, 0.2) is 0 Å². The zero-order chi connectivity index (χ0) is 16.8. The molecule has 1 unspecified atom stereocenters. The van der Waals surface area contributed by atoms with Crippen LogP contribution < -0.4 is 5.32 Å². The van der Waals surface area contributed by atoms with Gasteiger partial charge in [0.05, 0.1) is 0 Å². The van der Waals surface area contributed by atoms with Gasteiger partial charge in [-0.05, 0) is 49.4 Å². The molecule has 1 aliphatic heterocycles. The van der Waals surface area contributed by atoms with E-state index < -0.39 is 0 Å². The smallest absolute Gasteiger partial charge is 0.251 e. The summed E-state index contributed by atoms with van der Waals surface area (Å²) in [4.78, 5) is 18.8. The number of benzene rings is 1. The first-order chi connectivity index (χ1) is 11.7. The van der Waals surface area contributed by atoms with Gasteiger partial charge < -0.3 is 10.2 Å². The van der Waals surface area contributed by atoms with Crippen LogP contribution in [0, 0.1) is 12.8 Å². The average Bonchev–Trinajstić information content (AvgIpc) is 3.07. The van der Waals surface area contributed by atoms with Crippen molar-refractivity contribution < 1.29 is 4.79 Å². The van der Waals surface area contributed by atoms with E-state index >= 15 is 0 Å². The summed E-state index contributed by atoms with van der Waals surface area (Å²) >= 11 is 0. The lowest BCUT2D eigenvalue weighted by Gasteiger charge is -2.16. The van der Waals surface area contributed by atoms with Crippen molar-refractivity contribution in [3.8, 4) is 0 Å². The number of carbonyl (C=O) groups is 1. The summed E-state index contributed by atoms with van der Waals surface area (Å²) in [6.07, 6.45) is 5.65. The summed E-state index contributed by atoms with van der Waals surface area (Å²) in [5.41, 5.74) is 3.04. The topological polar surface area (TPSA) is 45.2 Å². The van der Waals surface area contributed by atoms with E-state index in [9.17, 15) is 4.79 Å². The number of aryl methyl sites for hydroxylation is 1. The van der Waals surface area contributed by atoms with Crippen LogP contribution in [0.1, 0.15) is 27.9 Å². The van der Waals surface area contributed by atoms with Gasteiger partial charge in [-0.2, -0.15) is 0 Å². The lowest BCUT2D eigenvalue weighted by atomic mass is 10.1. The van der Waals surface area contributed by atoms with Crippen molar-refractivity contribution in [3.63, 3.8) is 0 Å². The monoisotopic (exact) mass is 323 g/mol. The van der Waals surface area contributed by atoms with E-state index in [1.165, 1.54) is 5.56 Å². The Hall–Kier alpha value is -2.20. The highest BCUT2D eigenvalue weighted by atomic mass is 16.1. The molecule has 2 heterocycles. The SMILES string of the molecule is Cc1cnccc1C(=O)NCC1CCN(CCc2ccccc2)C1. The molecule has 1 amide bonds. The number of nitrogens with zero attached hydrogens (tertiary/aromatic N) is 2. The van der Waals surface area contributed by atoms with Crippen LogP contribution in [0.3, 0.4) is 0 Å². The van der Waals surface area contributed by atoms with E-state index in [0.29, 0.717) is 5.92 Å². The Kier molecular flexibility index (Phi) is 5.59. The fraction of sp³-hybridized carbons (Fsp3) is 0.400. The van der Waals surface area contributed by atoms with Crippen molar-refractivity contribution in [2.24, 2.45) is 5.92 Å². The van der Waals surface area contributed by atoms with Gasteiger partial charge in [-0.1, -0.05) is 30.3 Å². The maximum Gasteiger partial charge on any atom is 0.251 e. The highest BCUT2D eigenvalue weighted by molar-refractivity contribution is 5.95. The molecule has 1 saturated heterocycles. The van der Waals surface area contributed by atoms with Crippen molar-refractivity contribution in [2.45, 2.75) is 19.8 Å². The van der Waals surface area contributed by atoms with Gasteiger partial charge in [0.2, 0.25) is 0 Å². The summed E-state index contributed by atoms with van der Waals surface area (Å²) in [6, 6.07) is 12.4. The van der Waals surface area contributed by atoms with Gasteiger partial charge in [0.25, 0.3) is 5.91 Å². The van der Waals surface area contributed by atoms with Gasteiger partial charge in [-0.15, -0.1) is 0 Å². The molecule has 0 saturated carbocycles. The number of likely N-dealkylation sites (tertiary alicyclic amines) is 1. The highest BCUT2D eigenvalue weighted by Crippen LogP contribution is 2.16. The van der Waals surface area contributed by atoms with Gasteiger partial charge in [0, 0.05) is 37.6 Å². The number of rotatable bonds is 6. The van der Waals surface area contributed by atoms with Crippen LogP contribution in [0.4, 0.5) is 0 Å². The molecule has 1 N–H and O–H groups in total. The number of pyridine rings is 1. The molecule has 1 fully saturated rings. The molecule has 1 atom stereocenters. The van der Waals surface area contributed by atoms with Crippen LogP contribution in [0.25, 0.3) is 0 Å². The second-order valence-corrected chi connectivity index (χ2v) is 6.59. The minimum atomic E-state index is 0.0117. The molecule has 0 bridgehead atoms. The molecule has 2 aromatic rings. The predicted octanol–water partition coefficient (Wildman–Crippen LogP) is 2.68. The van der Waals surface area contributed by atoms with Crippen molar-refractivity contribution >= 4 is 5.91 Å². The summed E-state index contributed by atoms with van der Waals surface area (Å²) in [7, 11) is 0. The number of hydrogen-bond acceptors (Lipinski definition) is 3. The zero-order valence-electron chi connectivity index (χ0n) is 14.2. The molecule has 3 rings (SSSR count). The Balaban J connectivity index is 1.42. The molecule has 4 heteroatoms. The van der Waals surface area contributed by atoms with Gasteiger partial charge in [-0.25, -0.2) is 0 Å². The highest BCUT2D eigenvalue weighted by Gasteiger charge is 2.22. The van der Waals surface area contributed by atoms with Crippen molar-refractivity contribution in [3.05, 3.63) is 65.5 Å². The minimum absolute atomic E-state index is 0.0117. The largest absolute Gasteiger partial charge is 0.352 e. The van der Waals surface area contributed by atoms with Crippen LogP contribution >= 0.6 is 0 Å². The lowest BCUT2D eigenvalue weighted by Crippen LogP contribution is -2.31. The van der Waals surface area contributed by atoms with E-state index in [1.807, 2.05) is 6.92 Å². The molecular weight excluding hydrogens is 298 g/mol. The first-order valence-corrected chi connectivity index (χ1v) is 8.67. The van der Waals surface area contributed by atoms with Crippen molar-refractivity contribution in [2.75, 3.05) is 26.2 Å². The molecule has 1 aliphatic rings. The van der Waals surface area contributed by atoms with Gasteiger partial charge in [0.1, 0.15) is 0 Å². The summed E-state index contributed by atoms with van der Waals surface area (Å²) in [6.45, 7) is 5.97. The Labute approximate surface area is 143 Å². The zero-order valence-corrected chi connectivity index (χ0v) is 14.2. The minimum Gasteiger partial charge on any atom is -0.352 e. The quantitative estimate of drug-likeness (QED) is 0.889. The van der Waals surface area contributed by atoms with E-state index in [2.05, 4.69) is 45.5 Å². The molecule has 126 valence electrons. The fourth-order valence-electron chi connectivity index (χ4n) is 3.27. The van der Waals surface area contributed by atoms with E-state index in [1.54, 1.807) is 18.5 Å². The maximum atomic E-state index is 12.3. The standard InChI is InChI=1S/C20H25N3O/c1-16-13-21-10-7-19(16)20(24)22-14-18-9-12-23(15-18)11-8-17-5-3-2-4-6-17/h2-7,10,13,18H,8-9,11-12,14-15H2,1H3,(H,22,24). The molecule has 1 aromatic heterocycles. The summed E-state index contributed by atoms with van der Waals surface area (Å²) in [5, 5.41) is 3.08. The number of aromatic nitrogens is 1. The molecular formula is C20H25N3O. The van der Waals surface area contributed by atoms with Crippen LogP contribution in [-0.4, -0.2) is 42.0 Å². The predicted molar refractivity (Wildman–Crippen MR) is 96.0 cm³/mol. The van der Waals surface area contributed by atoms with E-state index in [4.69, 9.17) is 0 Å². The third-order valence-corrected chi connectivity index (χ3v) is 4.75. The Morgan fingerprint density at radius 2 is 2.12 bits per heavy atom. The Bertz CT molecular complexity index is 672. The second kappa shape index (κ2) is 8.06.